The fourth-order valence-corrected chi connectivity index (χ4v) is 4.34. The van der Waals surface area contributed by atoms with Crippen LogP contribution in [0.4, 0.5) is 4.79 Å². The third-order valence-corrected chi connectivity index (χ3v) is 4.89. The van der Waals surface area contributed by atoms with Crippen LogP contribution >= 0.6 is 11.8 Å². The number of primary amides is 1. The molecule has 1 aliphatic carbocycles. The second-order valence-electron chi connectivity index (χ2n) is 4.66. The van der Waals surface area contributed by atoms with Crippen LogP contribution in [0.15, 0.2) is 5.10 Å². The van der Waals surface area contributed by atoms with Crippen LogP contribution in [0.5, 0.6) is 0 Å². The molecule has 3 N–H and O–H groups in total. The number of urea groups is 1. The number of hydrogen-bond donors (Lipinski definition) is 2. The van der Waals surface area contributed by atoms with Gasteiger partial charge in [0.05, 0.1) is 0 Å². The lowest BCUT2D eigenvalue weighted by Gasteiger charge is -2.38. The molecule has 1 saturated heterocycles. The Morgan fingerprint density at radius 2 is 2.25 bits per heavy atom. The Hall–Kier alpha value is -0.710. The molecule has 0 unspecified atom stereocenters. The quantitative estimate of drug-likeness (QED) is 0.690. The van der Waals surface area contributed by atoms with Crippen molar-refractivity contribution in [2.45, 2.75) is 49.5 Å². The summed E-state index contributed by atoms with van der Waals surface area (Å²) in [5, 5.41) is 5.50. The number of hydrazone groups is 1. The highest BCUT2D eigenvalue weighted by Crippen LogP contribution is 2.42. The molecule has 90 valence electrons. The SMILES string of the molecule is C[C@H]1C/C(=N/NC(N)=O)[C@H]2CCCC[C@@H]2S1. The van der Waals surface area contributed by atoms with Crippen molar-refractivity contribution in [2.24, 2.45) is 16.8 Å². The Balaban J connectivity index is 2.08. The van der Waals surface area contributed by atoms with Crippen LogP contribution in [0.25, 0.3) is 0 Å². The maximum atomic E-state index is 10.7. The lowest BCUT2D eigenvalue weighted by Crippen LogP contribution is -2.38. The van der Waals surface area contributed by atoms with Crippen molar-refractivity contribution in [3.63, 3.8) is 0 Å². The molecule has 0 radical (unpaired) electrons. The molecule has 0 aromatic carbocycles. The molecule has 1 aliphatic heterocycles. The maximum Gasteiger partial charge on any atom is 0.332 e. The van der Waals surface area contributed by atoms with E-state index < -0.39 is 6.03 Å². The van der Waals surface area contributed by atoms with E-state index >= 15 is 0 Å². The average molecular weight is 241 g/mol. The molecular formula is C11H19N3OS. The number of rotatable bonds is 1. The van der Waals surface area contributed by atoms with Crippen molar-refractivity contribution in [1.29, 1.82) is 0 Å². The van der Waals surface area contributed by atoms with Crippen LogP contribution in [-0.4, -0.2) is 22.2 Å². The van der Waals surface area contributed by atoms with Crippen LogP contribution in [-0.2, 0) is 0 Å². The number of thioether (sulfide) groups is 1. The lowest BCUT2D eigenvalue weighted by molar-refractivity contribution is 0.249. The van der Waals surface area contributed by atoms with Gasteiger partial charge in [0.15, 0.2) is 0 Å². The monoisotopic (exact) mass is 241 g/mol. The smallest absolute Gasteiger partial charge is 0.332 e. The standard InChI is InChI=1S/C11H19N3OS/c1-7-6-9(13-14-11(12)15)8-4-2-3-5-10(8)16-7/h7-8,10H,2-6H2,1H3,(H3,12,14,15)/b13-9-/t7-,8+,10-/m0/s1. The molecule has 2 rings (SSSR count). The zero-order chi connectivity index (χ0) is 11.5. The zero-order valence-electron chi connectivity index (χ0n) is 9.61. The Kier molecular flexibility index (Phi) is 3.74. The van der Waals surface area contributed by atoms with Crippen LogP contribution in [0.3, 0.4) is 0 Å². The van der Waals surface area contributed by atoms with Gasteiger partial charge in [0.1, 0.15) is 0 Å². The van der Waals surface area contributed by atoms with Crippen LogP contribution in [0, 0.1) is 5.92 Å². The summed E-state index contributed by atoms with van der Waals surface area (Å²) < 4.78 is 0. The van der Waals surface area contributed by atoms with Crippen LogP contribution < -0.4 is 11.2 Å². The highest BCUT2D eigenvalue weighted by Gasteiger charge is 2.35. The predicted octanol–water partition coefficient (Wildman–Crippen LogP) is 2.09. The zero-order valence-corrected chi connectivity index (χ0v) is 10.4. The molecule has 1 saturated carbocycles. The molecule has 0 aromatic rings. The van der Waals surface area contributed by atoms with E-state index in [1.165, 1.54) is 25.7 Å². The van der Waals surface area contributed by atoms with Crippen molar-refractivity contribution in [3.8, 4) is 0 Å². The van der Waals surface area contributed by atoms with Gasteiger partial charge in [-0.05, 0) is 19.3 Å². The van der Waals surface area contributed by atoms with Crippen molar-refractivity contribution in [1.82, 2.24) is 5.43 Å². The van der Waals surface area contributed by atoms with E-state index in [0.717, 1.165) is 12.1 Å². The topological polar surface area (TPSA) is 67.5 Å². The van der Waals surface area contributed by atoms with Gasteiger partial charge in [-0.3, -0.25) is 0 Å². The predicted molar refractivity (Wildman–Crippen MR) is 67.6 cm³/mol. The number of amides is 2. The van der Waals surface area contributed by atoms with Gasteiger partial charge in [0.2, 0.25) is 0 Å². The first-order valence-electron chi connectivity index (χ1n) is 5.94. The molecule has 2 aliphatic rings. The van der Waals surface area contributed by atoms with Crippen molar-refractivity contribution >= 4 is 23.5 Å². The summed E-state index contributed by atoms with van der Waals surface area (Å²) in [7, 11) is 0. The van der Waals surface area contributed by atoms with E-state index in [-0.39, 0.29) is 0 Å². The van der Waals surface area contributed by atoms with E-state index in [4.69, 9.17) is 5.73 Å². The molecule has 2 amide bonds. The average Bonchev–Trinajstić information content (AvgIpc) is 2.25. The second-order valence-corrected chi connectivity index (χ2v) is 6.34. The Morgan fingerprint density at radius 1 is 1.50 bits per heavy atom. The maximum absolute atomic E-state index is 10.7. The second kappa shape index (κ2) is 5.08. The molecule has 16 heavy (non-hydrogen) atoms. The fourth-order valence-electron chi connectivity index (χ4n) is 2.69. The van der Waals surface area contributed by atoms with Gasteiger partial charge in [-0.1, -0.05) is 19.8 Å². The normalized spacial score (nSPS) is 36.8. The molecule has 0 spiro atoms. The van der Waals surface area contributed by atoms with E-state index in [2.05, 4.69) is 29.2 Å². The van der Waals surface area contributed by atoms with Crippen molar-refractivity contribution < 1.29 is 4.79 Å². The van der Waals surface area contributed by atoms with Gasteiger partial charge in [0, 0.05) is 22.1 Å². The summed E-state index contributed by atoms with van der Waals surface area (Å²) in [5.41, 5.74) is 8.58. The molecule has 0 bridgehead atoms. The largest absolute Gasteiger partial charge is 0.350 e. The summed E-state index contributed by atoms with van der Waals surface area (Å²) in [6.45, 7) is 2.23. The third-order valence-electron chi connectivity index (χ3n) is 3.34. The van der Waals surface area contributed by atoms with Crippen molar-refractivity contribution in [2.75, 3.05) is 0 Å². The van der Waals surface area contributed by atoms with Gasteiger partial charge in [-0.2, -0.15) is 16.9 Å². The van der Waals surface area contributed by atoms with Crippen molar-refractivity contribution in [3.05, 3.63) is 0 Å². The molecule has 0 aromatic heterocycles. The number of hydrogen-bond acceptors (Lipinski definition) is 3. The fraction of sp³-hybridized carbons (Fsp3) is 0.818. The number of nitrogens with two attached hydrogens (primary N) is 1. The van der Waals surface area contributed by atoms with Crippen LogP contribution in [0.2, 0.25) is 0 Å². The minimum atomic E-state index is -0.564. The summed E-state index contributed by atoms with van der Waals surface area (Å²) in [6.07, 6.45) is 6.09. The number of nitrogens with zero attached hydrogens (tertiary/aromatic N) is 1. The number of nitrogens with one attached hydrogen (secondary N) is 1. The minimum Gasteiger partial charge on any atom is -0.350 e. The molecule has 1 heterocycles. The molecule has 4 nitrogen and oxygen atoms in total. The first-order chi connectivity index (χ1) is 7.66. The van der Waals surface area contributed by atoms with Gasteiger partial charge < -0.3 is 5.73 Å². The summed E-state index contributed by atoms with van der Waals surface area (Å²) in [4.78, 5) is 10.7. The Bertz CT molecular complexity index is 306. The number of fused-ring (bicyclic) bond motifs is 1. The molecule has 2 fully saturated rings. The first kappa shape index (κ1) is 11.8. The minimum absolute atomic E-state index is 0.557. The lowest BCUT2D eigenvalue weighted by atomic mass is 9.83. The van der Waals surface area contributed by atoms with E-state index in [9.17, 15) is 4.79 Å². The Morgan fingerprint density at radius 3 is 3.00 bits per heavy atom. The third kappa shape index (κ3) is 2.70. The van der Waals surface area contributed by atoms with Gasteiger partial charge in [-0.25, -0.2) is 10.2 Å². The first-order valence-corrected chi connectivity index (χ1v) is 6.88. The number of carbonyl (C=O) groups excluding carboxylic acids is 1. The summed E-state index contributed by atoms with van der Waals surface area (Å²) >= 11 is 2.08. The van der Waals surface area contributed by atoms with Gasteiger partial charge in [-0.15, -0.1) is 0 Å². The van der Waals surface area contributed by atoms with Gasteiger partial charge in [0.25, 0.3) is 0 Å². The highest BCUT2D eigenvalue weighted by molar-refractivity contribution is 8.00. The Labute approximate surface area is 100 Å². The van der Waals surface area contributed by atoms with E-state index in [1.807, 2.05) is 0 Å². The summed E-state index contributed by atoms with van der Waals surface area (Å²) in [5.74, 6) is 0.557. The van der Waals surface area contributed by atoms with Crippen LogP contribution in [0.1, 0.15) is 39.0 Å². The van der Waals surface area contributed by atoms with Gasteiger partial charge >= 0.3 is 6.03 Å². The highest BCUT2D eigenvalue weighted by atomic mass is 32.2. The van der Waals surface area contributed by atoms with E-state index in [0.29, 0.717) is 16.4 Å². The van der Waals surface area contributed by atoms with E-state index in [1.54, 1.807) is 0 Å². The molecule has 3 atom stereocenters. The molecule has 5 heteroatoms. The number of carbonyl (C=O) groups is 1. The summed E-state index contributed by atoms with van der Waals surface area (Å²) in [6, 6.07) is -0.564. The molecular weight excluding hydrogens is 222 g/mol.